The Morgan fingerprint density at radius 3 is 1.14 bits per heavy atom. The monoisotopic (exact) mass is 945 g/mol. The Labute approximate surface area is 427 Å². The first kappa shape index (κ1) is 42.9. The molecule has 0 aliphatic heterocycles. The largest absolute Gasteiger partial charge is 0.309 e. The highest BCUT2D eigenvalue weighted by molar-refractivity contribution is 6.14. The quantitative estimate of drug-likeness (QED) is 0.143. The maximum atomic E-state index is 5.70. The highest BCUT2D eigenvalue weighted by atomic mass is 15.1. The zero-order valence-corrected chi connectivity index (χ0v) is 40.0. The second kappa shape index (κ2) is 17.7. The Morgan fingerprint density at radius 2 is 0.676 bits per heavy atom. The van der Waals surface area contributed by atoms with Crippen LogP contribution in [0.25, 0.3) is 106 Å². The van der Waals surface area contributed by atoms with Gasteiger partial charge in [0.1, 0.15) is 5.41 Å². The van der Waals surface area contributed by atoms with Crippen molar-refractivity contribution in [3.05, 3.63) is 284 Å². The molecule has 0 radical (unpaired) electrons. The van der Waals surface area contributed by atoms with Gasteiger partial charge < -0.3 is 4.57 Å². The molecule has 0 N–H and O–H groups in total. The Morgan fingerprint density at radius 1 is 0.284 bits per heavy atom. The predicted octanol–water partition coefficient (Wildman–Crippen LogP) is 15.5. The number of para-hydroxylation sites is 1. The molecule has 0 amide bonds. The van der Waals surface area contributed by atoms with E-state index in [4.69, 9.17) is 29.9 Å². The first-order valence-corrected chi connectivity index (χ1v) is 24.9. The summed E-state index contributed by atoms with van der Waals surface area (Å²) in [7, 11) is 0. The fourth-order valence-electron chi connectivity index (χ4n) is 11.0. The van der Waals surface area contributed by atoms with Crippen molar-refractivity contribution in [3.8, 4) is 84.6 Å². The van der Waals surface area contributed by atoms with Crippen molar-refractivity contribution in [2.75, 3.05) is 0 Å². The second-order valence-electron chi connectivity index (χ2n) is 18.6. The Kier molecular flexibility index (Phi) is 10.3. The summed E-state index contributed by atoms with van der Waals surface area (Å²) in [6.45, 7) is 0. The van der Waals surface area contributed by atoms with Gasteiger partial charge in [-0.25, -0.2) is 29.9 Å². The zero-order chi connectivity index (χ0) is 49.0. The summed E-state index contributed by atoms with van der Waals surface area (Å²) in [5.74, 6) is 3.14. The van der Waals surface area contributed by atoms with E-state index in [0.29, 0.717) is 34.9 Å². The highest BCUT2D eigenvalue weighted by Crippen LogP contribution is 2.58. The smallest absolute Gasteiger partial charge is 0.163 e. The van der Waals surface area contributed by atoms with Crippen molar-refractivity contribution in [2.24, 2.45) is 0 Å². The minimum Gasteiger partial charge on any atom is -0.309 e. The average molecular weight is 946 g/mol. The molecule has 74 heavy (non-hydrogen) atoms. The molecule has 7 nitrogen and oxygen atoms in total. The van der Waals surface area contributed by atoms with Crippen LogP contribution < -0.4 is 0 Å². The number of fused-ring (bicyclic) bond motifs is 7. The van der Waals surface area contributed by atoms with Crippen molar-refractivity contribution in [3.63, 3.8) is 0 Å². The third-order valence-electron chi connectivity index (χ3n) is 14.3. The van der Waals surface area contributed by atoms with Gasteiger partial charge in [0.25, 0.3) is 0 Å². The summed E-state index contributed by atoms with van der Waals surface area (Å²) < 4.78 is 2.46. The van der Waals surface area contributed by atoms with Crippen LogP contribution in [0.4, 0.5) is 0 Å². The van der Waals surface area contributed by atoms with Crippen LogP contribution in [0, 0.1) is 0 Å². The molecule has 3 aromatic heterocycles. The minimum absolute atomic E-state index is 0.493. The van der Waals surface area contributed by atoms with E-state index in [1.165, 1.54) is 0 Å². The fourth-order valence-corrected chi connectivity index (χ4v) is 11.0. The summed E-state index contributed by atoms with van der Waals surface area (Å²) in [6, 6.07) is 90.9. The van der Waals surface area contributed by atoms with Crippen LogP contribution in [0.15, 0.2) is 261 Å². The van der Waals surface area contributed by atoms with Gasteiger partial charge in [0.15, 0.2) is 34.9 Å². The van der Waals surface area contributed by atoms with Crippen molar-refractivity contribution in [1.29, 1.82) is 0 Å². The van der Waals surface area contributed by atoms with Gasteiger partial charge in [-0.1, -0.05) is 237 Å². The van der Waals surface area contributed by atoms with Gasteiger partial charge >= 0.3 is 0 Å². The molecular formula is C67H43N7. The fraction of sp³-hybridized carbons (Fsp3) is 0.0149. The number of benzene rings is 10. The lowest BCUT2D eigenvalue weighted by atomic mass is 9.75. The standard InChI is InChI=1S/C67H43N7/c1-7-23-44(24-8-1)50-41-51(45-25-9-2-10-26-45)43-52(42-50)74-58-38-22-20-36-54(58)56-40-39-55-53-35-19-21-37-57(53)67(59(55)60(56)74,65-70-61(46-27-11-3-12-28-46)68-62(71-65)47-29-13-4-14-30-47)66-72-63(48-31-15-5-16-32-48)69-64(73-66)49-33-17-6-18-34-49/h1-43H. The van der Waals surface area contributed by atoms with Crippen LogP contribution in [-0.2, 0) is 5.41 Å². The topological polar surface area (TPSA) is 82.3 Å². The molecule has 14 rings (SSSR count). The first-order chi connectivity index (χ1) is 36.7. The molecule has 0 saturated carbocycles. The van der Waals surface area contributed by atoms with Crippen LogP contribution in [0.2, 0.25) is 0 Å². The van der Waals surface area contributed by atoms with Crippen LogP contribution in [0.5, 0.6) is 0 Å². The minimum atomic E-state index is -1.37. The van der Waals surface area contributed by atoms with E-state index >= 15 is 0 Å². The van der Waals surface area contributed by atoms with Crippen LogP contribution in [0.1, 0.15) is 22.8 Å². The molecule has 7 heteroatoms. The Balaban J connectivity index is 1.19. The van der Waals surface area contributed by atoms with Crippen LogP contribution in [-0.4, -0.2) is 34.5 Å². The number of hydrogen-bond acceptors (Lipinski definition) is 6. The first-order valence-electron chi connectivity index (χ1n) is 24.9. The van der Waals surface area contributed by atoms with Gasteiger partial charge in [-0.3, -0.25) is 0 Å². The maximum absolute atomic E-state index is 5.70. The summed E-state index contributed by atoms with van der Waals surface area (Å²) in [4.78, 5) is 33.3. The van der Waals surface area contributed by atoms with E-state index in [1.54, 1.807) is 0 Å². The molecule has 1 aliphatic rings. The lowest BCUT2D eigenvalue weighted by Gasteiger charge is -2.31. The lowest BCUT2D eigenvalue weighted by molar-refractivity contribution is 0.642. The lowest BCUT2D eigenvalue weighted by Crippen LogP contribution is -2.35. The van der Waals surface area contributed by atoms with Crippen molar-refractivity contribution < 1.29 is 0 Å². The molecule has 0 unspecified atom stereocenters. The highest BCUT2D eigenvalue weighted by Gasteiger charge is 2.54. The molecular weight excluding hydrogens is 903 g/mol. The Bertz CT molecular complexity index is 3920. The molecule has 10 aromatic carbocycles. The molecule has 3 heterocycles. The van der Waals surface area contributed by atoms with E-state index in [-0.39, 0.29) is 0 Å². The van der Waals surface area contributed by atoms with Crippen LogP contribution >= 0.6 is 0 Å². The second-order valence-corrected chi connectivity index (χ2v) is 18.6. The molecule has 0 fully saturated rings. The summed E-state index contributed by atoms with van der Waals surface area (Å²) in [5.41, 5.74) is 13.6. The molecule has 0 saturated heterocycles. The molecule has 13 aromatic rings. The van der Waals surface area contributed by atoms with E-state index in [9.17, 15) is 0 Å². The summed E-state index contributed by atoms with van der Waals surface area (Å²) >= 11 is 0. The van der Waals surface area contributed by atoms with Gasteiger partial charge in [0, 0.05) is 44.3 Å². The average Bonchev–Trinajstić information content (AvgIpc) is 4.00. The third-order valence-corrected chi connectivity index (χ3v) is 14.3. The normalized spacial score (nSPS) is 12.4. The number of hydrogen-bond donors (Lipinski definition) is 0. The number of nitrogens with zero attached hydrogens (tertiary/aromatic N) is 7. The van der Waals surface area contributed by atoms with E-state index < -0.39 is 5.41 Å². The van der Waals surface area contributed by atoms with Gasteiger partial charge in [0.2, 0.25) is 0 Å². The molecule has 0 bridgehead atoms. The van der Waals surface area contributed by atoms with Crippen molar-refractivity contribution >= 4 is 21.8 Å². The third kappa shape index (κ3) is 7.05. The molecule has 0 spiro atoms. The molecule has 1 aliphatic carbocycles. The van der Waals surface area contributed by atoms with E-state index in [0.717, 1.165) is 94.3 Å². The predicted molar refractivity (Wildman–Crippen MR) is 297 cm³/mol. The van der Waals surface area contributed by atoms with E-state index in [2.05, 4.69) is 193 Å². The Hall–Kier alpha value is -9.98. The van der Waals surface area contributed by atoms with Crippen molar-refractivity contribution in [2.45, 2.75) is 5.41 Å². The van der Waals surface area contributed by atoms with Gasteiger partial charge in [-0.2, -0.15) is 0 Å². The summed E-state index contributed by atoms with van der Waals surface area (Å²) in [5, 5.41) is 2.18. The van der Waals surface area contributed by atoms with Gasteiger partial charge in [0.05, 0.1) is 11.0 Å². The van der Waals surface area contributed by atoms with Crippen molar-refractivity contribution in [1.82, 2.24) is 34.5 Å². The summed E-state index contributed by atoms with van der Waals surface area (Å²) in [6.07, 6.45) is 0. The number of aromatic nitrogens is 7. The van der Waals surface area contributed by atoms with Gasteiger partial charge in [-0.05, 0) is 63.2 Å². The SMILES string of the molecule is c1ccc(-c2cc(-c3ccccc3)cc(-n3c4ccccc4c4ccc5c(c43)C(c3nc(-c4ccccc4)nc(-c4ccccc4)n3)(c3nc(-c4ccccc4)nc(-c4ccccc4)n3)c3ccccc3-5)c2)cc1. The number of rotatable bonds is 9. The zero-order valence-electron chi connectivity index (χ0n) is 40.0. The molecule has 346 valence electrons. The maximum Gasteiger partial charge on any atom is 0.163 e. The van der Waals surface area contributed by atoms with Gasteiger partial charge in [-0.15, -0.1) is 0 Å². The van der Waals surface area contributed by atoms with E-state index in [1.807, 2.05) is 72.8 Å². The molecule has 0 atom stereocenters. The van der Waals surface area contributed by atoms with Crippen LogP contribution in [0.3, 0.4) is 0 Å².